The summed E-state index contributed by atoms with van der Waals surface area (Å²) in [6, 6.07) is 8.99. The number of benzene rings is 2. The fourth-order valence-corrected chi connectivity index (χ4v) is 3.06. The maximum Gasteiger partial charge on any atom is 0.259 e. The molecule has 6 heteroatoms. The van der Waals surface area contributed by atoms with Crippen molar-refractivity contribution in [3.05, 3.63) is 56.7 Å². The number of hydrogen-bond donors (Lipinski definition) is 1. The van der Waals surface area contributed by atoms with E-state index in [0.717, 1.165) is 4.47 Å². The molecule has 1 amide bonds. The fourth-order valence-electron chi connectivity index (χ4n) is 1.67. The number of amides is 1. The largest absolute Gasteiger partial charge is 0.495 e. The molecule has 0 saturated heterocycles. The van der Waals surface area contributed by atoms with Gasteiger partial charge in [0.2, 0.25) is 0 Å². The fraction of sp³-hybridized carbons (Fsp3) is 0.0714. The van der Waals surface area contributed by atoms with Gasteiger partial charge in [-0.25, -0.2) is 4.39 Å². The standard InChI is InChI=1S/C14H10Br2FNO2/c1-20-13-11(6-8(15)7-12(13)16)14(19)18-10-4-2-9(17)3-5-10/h2-7H,1H3,(H,18,19). The van der Waals surface area contributed by atoms with Crippen LogP contribution in [0.4, 0.5) is 10.1 Å². The van der Waals surface area contributed by atoms with Crippen LogP contribution in [0.5, 0.6) is 5.75 Å². The Morgan fingerprint density at radius 1 is 1.20 bits per heavy atom. The van der Waals surface area contributed by atoms with Crippen LogP contribution >= 0.6 is 31.9 Å². The molecule has 0 fully saturated rings. The van der Waals surface area contributed by atoms with Gasteiger partial charge in [0.05, 0.1) is 17.1 Å². The van der Waals surface area contributed by atoms with Crippen LogP contribution in [0, 0.1) is 5.82 Å². The van der Waals surface area contributed by atoms with Crippen LogP contribution in [0.1, 0.15) is 10.4 Å². The van der Waals surface area contributed by atoms with Crippen molar-refractivity contribution in [2.45, 2.75) is 0 Å². The Morgan fingerprint density at radius 2 is 1.85 bits per heavy atom. The van der Waals surface area contributed by atoms with Crippen LogP contribution in [-0.2, 0) is 0 Å². The van der Waals surface area contributed by atoms with Crippen molar-refractivity contribution < 1.29 is 13.9 Å². The van der Waals surface area contributed by atoms with Crippen LogP contribution in [0.3, 0.4) is 0 Å². The number of anilines is 1. The molecule has 1 N–H and O–H groups in total. The Balaban J connectivity index is 2.31. The number of rotatable bonds is 3. The second kappa shape index (κ2) is 6.37. The second-order valence-electron chi connectivity index (χ2n) is 3.93. The molecule has 0 bridgehead atoms. The van der Waals surface area contributed by atoms with E-state index in [1.54, 1.807) is 12.1 Å². The minimum Gasteiger partial charge on any atom is -0.495 e. The number of nitrogens with one attached hydrogen (secondary N) is 1. The predicted molar refractivity (Wildman–Crippen MR) is 82.7 cm³/mol. The van der Waals surface area contributed by atoms with Crippen molar-refractivity contribution in [1.29, 1.82) is 0 Å². The highest BCUT2D eigenvalue weighted by Gasteiger charge is 2.16. The molecular weight excluding hydrogens is 393 g/mol. The van der Waals surface area contributed by atoms with E-state index >= 15 is 0 Å². The van der Waals surface area contributed by atoms with Crippen LogP contribution in [0.25, 0.3) is 0 Å². The van der Waals surface area contributed by atoms with Crippen LogP contribution in [0.2, 0.25) is 0 Å². The Bertz CT molecular complexity index is 644. The van der Waals surface area contributed by atoms with E-state index in [-0.39, 0.29) is 11.7 Å². The molecular formula is C14H10Br2FNO2. The monoisotopic (exact) mass is 401 g/mol. The smallest absolute Gasteiger partial charge is 0.259 e. The topological polar surface area (TPSA) is 38.3 Å². The van der Waals surface area contributed by atoms with E-state index in [1.165, 1.54) is 31.4 Å². The molecule has 0 saturated carbocycles. The van der Waals surface area contributed by atoms with Gasteiger partial charge in [-0.05, 0) is 52.3 Å². The molecule has 0 aliphatic carbocycles. The van der Waals surface area contributed by atoms with Gasteiger partial charge >= 0.3 is 0 Å². The molecule has 0 aliphatic heterocycles. The maximum atomic E-state index is 12.8. The Labute approximate surface area is 132 Å². The number of halogens is 3. The molecule has 0 unspecified atom stereocenters. The molecule has 2 rings (SSSR count). The van der Waals surface area contributed by atoms with Crippen molar-refractivity contribution in [2.75, 3.05) is 12.4 Å². The molecule has 0 aliphatic rings. The average molecular weight is 403 g/mol. The number of carbonyl (C=O) groups excluding carboxylic acids is 1. The first-order valence-electron chi connectivity index (χ1n) is 5.61. The lowest BCUT2D eigenvalue weighted by Gasteiger charge is -2.11. The molecule has 3 nitrogen and oxygen atoms in total. The van der Waals surface area contributed by atoms with Crippen LogP contribution < -0.4 is 10.1 Å². The van der Waals surface area contributed by atoms with Gasteiger partial charge in [0, 0.05) is 10.2 Å². The van der Waals surface area contributed by atoms with Gasteiger partial charge in [0.25, 0.3) is 5.91 Å². The van der Waals surface area contributed by atoms with E-state index in [2.05, 4.69) is 37.2 Å². The molecule has 2 aromatic carbocycles. The first-order chi connectivity index (χ1) is 9.51. The Morgan fingerprint density at radius 3 is 2.45 bits per heavy atom. The lowest BCUT2D eigenvalue weighted by atomic mass is 10.2. The van der Waals surface area contributed by atoms with Crippen molar-refractivity contribution in [1.82, 2.24) is 0 Å². The summed E-state index contributed by atoms with van der Waals surface area (Å²) in [5, 5.41) is 2.69. The third-order valence-electron chi connectivity index (χ3n) is 2.56. The normalized spacial score (nSPS) is 10.2. The van der Waals surface area contributed by atoms with E-state index in [4.69, 9.17) is 4.74 Å². The zero-order valence-electron chi connectivity index (χ0n) is 10.4. The predicted octanol–water partition coefficient (Wildman–Crippen LogP) is 4.61. The second-order valence-corrected chi connectivity index (χ2v) is 5.70. The number of carbonyl (C=O) groups is 1. The molecule has 0 spiro atoms. The summed E-state index contributed by atoms with van der Waals surface area (Å²) in [4.78, 5) is 12.3. The summed E-state index contributed by atoms with van der Waals surface area (Å²) >= 11 is 6.66. The SMILES string of the molecule is COc1c(Br)cc(Br)cc1C(=O)Nc1ccc(F)cc1. The molecule has 104 valence electrons. The van der Waals surface area contributed by atoms with Gasteiger partial charge in [-0.15, -0.1) is 0 Å². The summed E-state index contributed by atoms with van der Waals surface area (Å²) < 4.78 is 19.5. The number of hydrogen-bond acceptors (Lipinski definition) is 2. The van der Waals surface area contributed by atoms with Gasteiger partial charge in [-0.2, -0.15) is 0 Å². The minimum atomic E-state index is -0.356. The third kappa shape index (κ3) is 3.37. The quantitative estimate of drug-likeness (QED) is 0.813. The summed E-state index contributed by atoms with van der Waals surface area (Å²) in [6.07, 6.45) is 0. The van der Waals surface area contributed by atoms with Gasteiger partial charge < -0.3 is 10.1 Å². The van der Waals surface area contributed by atoms with Gasteiger partial charge in [0.1, 0.15) is 11.6 Å². The highest BCUT2D eigenvalue weighted by atomic mass is 79.9. The van der Waals surface area contributed by atoms with E-state index < -0.39 is 0 Å². The zero-order valence-corrected chi connectivity index (χ0v) is 13.6. The van der Waals surface area contributed by atoms with E-state index in [0.29, 0.717) is 21.5 Å². The molecule has 0 atom stereocenters. The van der Waals surface area contributed by atoms with Gasteiger partial charge in [0.15, 0.2) is 0 Å². The summed E-state index contributed by atoms with van der Waals surface area (Å²) in [5.74, 6) is -0.256. The van der Waals surface area contributed by atoms with Crippen LogP contribution in [-0.4, -0.2) is 13.0 Å². The highest BCUT2D eigenvalue weighted by molar-refractivity contribution is 9.11. The van der Waals surface area contributed by atoms with Gasteiger partial charge in [-0.1, -0.05) is 15.9 Å². The summed E-state index contributed by atoms with van der Waals surface area (Å²) in [7, 11) is 1.49. The third-order valence-corrected chi connectivity index (χ3v) is 3.61. The van der Waals surface area contributed by atoms with Crippen molar-refractivity contribution in [2.24, 2.45) is 0 Å². The van der Waals surface area contributed by atoms with E-state index in [9.17, 15) is 9.18 Å². The number of ether oxygens (including phenoxy) is 1. The summed E-state index contributed by atoms with van der Waals surface area (Å²) in [6.45, 7) is 0. The number of methoxy groups -OCH3 is 1. The average Bonchev–Trinajstić information content (AvgIpc) is 2.40. The lowest BCUT2D eigenvalue weighted by Crippen LogP contribution is -2.13. The van der Waals surface area contributed by atoms with Crippen molar-refractivity contribution >= 4 is 43.5 Å². The minimum absolute atomic E-state index is 0.338. The van der Waals surface area contributed by atoms with Crippen molar-refractivity contribution in [3.63, 3.8) is 0 Å². The summed E-state index contributed by atoms with van der Waals surface area (Å²) in [5.41, 5.74) is 0.882. The highest BCUT2D eigenvalue weighted by Crippen LogP contribution is 2.33. The molecule has 0 heterocycles. The van der Waals surface area contributed by atoms with Gasteiger partial charge in [-0.3, -0.25) is 4.79 Å². The molecule has 2 aromatic rings. The Hall–Kier alpha value is -1.40. The Kier molecular flexibility index (Phi) is 4.77. The van der Waals surface area contributed by atoms with Crippen molar-refractivity contribution in [3.8, 4) is 5.75 Å². The molecule has 20 heavy (non-hydrogen) atoms. The molecule has 0 aromatic heterocycles. The lowest BCUT2D eigenvalue weighted by molar-refractivity contribution is 0.102. The van der Waals surface area contributed by atoms with E-state index in [1.807, 2.05) is 0 Å². The molecule has 0 radical (unpaired) electrons. The first kappa shape index (κ1) is 15.0. The maximum absolute atomic E-state index is 12.8. The first-order valence-corrected chi connectivity index (χ1v) is 7.20. The zero-order chi connectivity index (χ0) is 14.7. The van der Waals surface area contributed by atoms with Crippen LogP contribution in [0.15, 0.2) is 45.3 Å².